The minimum atomic E-state index is -3.07. The molecule has 0 aliphatic heterocycles. The van der Waals surface area contributed by atoms with Crippen LogP contribution in [-0.4, -0.2) is 18.3 Å². The zero-order valence-electron chi connectivity index (χ0n) is 7.65. The highest BCUT2D eigenvalue weighted by Gasteiger charge is 2.19. The summed E-state index contributed by atoms with van der Waals surface area (Å²) in [5.74, 6) is -1.23. The lowest BCUT2D eigenvalue weighted by Crippen LogP contribution is -2.07. The summed E-state index contributed by atoms with van der Waals surface area (Å²) in [5.41, 5.74) is -0.00304. The Morgan fingerprint density at radius 2 is 2.00 bits per heavy atom. The van der Waals surface area contributed by atoms with Crippen molar-refractivity contribution in [1.29, 1.82) is 0 Å². The molecule has 0 aliphatic rings. The molecule has 0 unspecified atom stereocenters. The number of carbonyl (C=O) groups is 1. The molecule has 88 valence electrons. The quantitative estimate of drug-likeness (QED) is 0.618. The number of ether oxygens (including phenoxy) is 1. The molecular weight excluding hydrogens is 284 g/mol. The third-order valence-corrected chi connectivity index (χ3v) is 2.59. The van der Waals surface area contributed by atoms with Gasteiger partial charge in [-0.05, 0) is 12.1 Å². The highest BCUT2D eigenvalue weighted by atomic mass is 35.5. The second kappa shape index (κ2) is 5.66. The zero-order chi connectivity index (χ0) is 12.3. The van der Waals surface area contributed by atoms with E-state index in [0.29, 0.717) is 0 Å². The number of carbonyl (C=O) groups excluding carboxylic acids is 1. The van der Waals surface area contributed by atoms with Crippen LogP contribution in [0.15, 0.2) is 12.1 Å². The van der Waals surface area contributed by atoms with E-state index in [1.54, 1.807) is 0 Å². The molecule has 0 saturated carbocycles. The number of hydrogen-bond donors (Lipinski definition) is 0. The molecule has 0 heterocycles. The normalized spacial score (nSPS) is 10.6. The second-order valence-corrected chi connectivity index (χ2v) is 3.73. The van der Waals surface area contributed by atoms with Gasteiger partial charge >= 0.3 is 6.61 Å². The molecule has 0 N–H and O–H groups in total. The Morgan fingerprint density at radius 1 is 1.38 bits per heavy atom. The summed E-state index contributed by atoms with van der Waals surface area (Å²) < 4.78 is 28.2. The molecule has 0 amide bonds. The summed E-state index contributed by atoms with van der Waals surface area (Å²) >= 11 is 16.6. The molecule has 0 aliphatic carbocycles. The van der Waals surface area contributed by atoms with Gasteiger partial charge in [0, 0.05) is 5.56 Å². The third kappa shape index (κ3) is 2.97. The fraction of sp³-hybridized carbons (Fsp3) is 0.222. The van der Waals surface area contributed by atoms with E-state index in [1.807, 2.05) is 0 Å². The lowest BCUT2D eigenvalue weighted by atomic mass is 10.1. The van der Waals surface area contributed by atoms with Crippen LogP contribution in [0.3, 0.4) is 0 Å². The van der Waals surface area contributed by atoms with Crippen LogP contribution in [0, 0.1) is 0 Å². The van der Waals surface area contributed by atoms with E-state index in [1.165, 1.54) is 12.1 Å². The average molecular weight is 289 g/mol. The Balaban J connectivity index is 3.21. The first kappa shape index (κ1) is 13.5. The van der Waals surface area contributed by atoms with E-state index in [0.717, 1.165) is 0 Å². The highest BCUT2D eigenvalue weighted by molar-refractivity contribution is 6.41. The van der Waals surface area contributed by atoms with Gasteiger partial charge in [-0.25, -0.2) is 0 Å². The standard InChI is InChI=1S/C9H5Cl3F2O2/c10-3-6(15)4-1-2-5(11)8(7(4)12)16-9(13)14/h1-2,9H,3H2. The maximum absolute atomic E-state index is 12.0. The van der Waals surface area contributed by atoms with Gasteiger partial charge in [0.1, 0.15) is 0 Å². The monoisotopic (exact) mass is 288 g/mol. The van der Waals surface area contributed by atoms with Crippen LogP contribution in [0.25, 0.3) is 0 Å². The van der Waals surface area contributed by atoms with Crippen molar-refractivity contribution in [3.8, 4) is 5.75 Å². The van der Waals surface area contributed by atoms with Crippen molar-refractivity contribution in [2.45, 2.75) is 6.61 Å². The van der Waals surface area contributed by atoms with Crippen LogP contribution in [0.5, 0.6) is 5.75 Å². The largest absolute Gasteiger partial charge is 0.432 e. The lowest BCUT2D eigenvalue weighted by Gasteiger charge is -2.10. The Labute approximate surface area is 105 Å². The summed E-state index contributed by atoms with van der Waals surface area (Å²) in [6.07, 6.45) is 0. The van der Waals surface area contributed by atoms with Crippen molar-refractivity contribution >= 4 is 40.6 Å². The summed E-state index contributed by atoms with van der Waals surface area (Å²) in [7, 11) is 0. The summed E-state index contributed by atoms with van der Waals surface area (Å²) in [4.78, 5) is 11.3. The predicted octanol–water partition coefficient (Wildman–Crippen LogP) is 4.02. The highest BCUT2D eigenvalue weighted by Crippen LogP contribution is 2.36. The minimum absolute atomic E-state index is 0.00304. The predicted molar refractivity (Wildman–Crippen MR) is 58.1 cm³/mol. The van der Waals surface area contributed by atoms with Crippen molar-refractivity contribution in [3.63, 3.8) is 0 Å². The van der Waals surface area contributed by atoms with Crippen LogP contribution in [0.2, 0.25) is 10.0 Å². The van der Waals surface area contributed by atoms with Gasteiger partial charge in [0.25, 0.3) is 0 Å². The number of hydrogen-bond acceptors (Lipinski definition) is 2. The molecule has 1 rings (SSSR count). The molecule has 0 bridgehead atoms. The van der Waals surface area contributed by atoms with E-state index in [2.05, 4.69) is 4.74 Å². The number of Topliss-reactive ketones (excluding diaryl/α,β-unsaturated/α-hetero) is 1. The Bertz CT molecular complexity index is 410. The first-order valence-electron chi connectivity index (χ1n) is 3.99. The second-order valence-electron chi connectivity index (χ2n) is 2.67. The third-order valence-electron chi connectivity index (χ3n) is 1.68. The molecule has 1 aromatic rings. The average Bonchev–Trinajstić information content (AvgIpc) is 2.23. The fourth-order valence-corrected chi connectivity index (χ4v) is 1.73. The first-order valence-corrected chi connectivity index (χ1v) is 5.28. The minimum Gasteiger partial charge on any atom is -0.432 e. The van der Waals surface area contributed by atoms with Crippen molar-refractivity contribution in [3.05, 3.63) is 27.7 Å². The van der Waals surface area contributed by atoms with E-state index in [-0.39, 0.29) is 21.5 Å². The van der Waals surface area contributed by atoms with Crippen LogP contribution in [0.1, 0.15) is 10.4 Å². The number of halogens is 5. The number of rotatable bonds is 4. The van der Waals surface area contributed by atoms with Crippen LogP contribution in [-0.2, 0) is 0 Å². The number of alkyl halides is 3. The van der Waals surface area contributed by atoms with Gasteiger partial charge in [-0.2, -0.15) is 8.78 Å². The Kier molecular flexibility index (Phi) is 4.77. The molecule has 0 atom stereocenters. The molecule has 0 saturated heterocycles. The SMILES string of the molecule is O=C(CCl)c1ccc(Cl)c(OC(F)F)c1Cl. The molecule has 2 nitrogen and oxygen atoms in total. The van der Waals surface area contributed by atoms with Crippen LogP contribution < -0.4 is 4.74 Å². The van der Waals surface area contributed by atoms with Gasteiger partial charge in [0.15, 0.2) is 11.5 Å². The topological polar surface area (TPSA) is 26.3 Å². The molecule has 0 spiro atoms. The molecule has 7 heteroatoms. The lowest BCUT2D eigenvalue weighted by molar-refractivity contribution is -0.0497. The van der Waals surface area contributed by atoms with Gasteiger partial charge in [0.2, 0.25) is 0 Å². The van der Waals surface area contributed by atoms with Crippen molar-refractivity contribution in [2.24, 2.45) is 0 Å². The Hall–Kier alpha value is -0.580. The van der Waals surface area contributed by atoms with Gasteiger partial charge in [-0.15, -0.1) is 11.6 Å². The van der Waals surface area contributed by atoms with Gasteiger partial charge in [-0.1, -0.05) is 23.2 Å². The maximum Gasteiger partial charge on any atom is 0.387 e. The van der Waals surface area contributed by atoms with Gasteiger partial charge in [-0.3, -0.25) is 4.79 Å². The van der Waals surface area contributed by atoms with E-state index < -0.39 is 18.1 Å². The van der Waals surface area contributed by atoms with Crippen molar-refractivity contribution < 1.29 is 18.3 Å². The molecular formula is C9H5Cl3F2O2. The fourth-order valence-electron chi connectivity index (χ4n) is 1.02. The zero-order valence-corrected chi connectivity index (χ0v) is 9.91. The summed E-state index contributed by atoms with van der Waals surface area (Å²) in [6, 6.07) is 2.54. The van der Waals surface area contributed by atoms with E-state index in [9.17, 15) is 13.6 Å². The molecule has 0 aromatic heterocycles. The van der Waals surface area contributed by atoms with Crippen molar-refractivity contribution in [1.82, 2.24) is 0 Å². The van der Waals surface area contributed by atoms with Crippen molar-refractivity contribution in [2.75, 3.05) is 5.88 Å². The molecule has 0 fully saturated rings. The Morgan fingerprint density at radius 3 is 2.50 bits per heavy atom. The van der Waals surface area contributed by atoms with E-state index in [4.69, 9.17) is 34.8 Å². The number of ketones is 1. The molecule has 1 aromatic carbocycles. The van der Waals surface area contributed by atoms with E-state index >= 15 is 0 Å². The molecule has 0 radical (unpaired) electrons. The number of benzene rings is 1. The first-order chi connectivity index (χ1) is 7.47. The van der Waals surface area contributed by atoms with Crippen LogP contribution >= 0.6 is 34.8 Å². The van der Waals surface area contributed by atoms with Gasteiger partial charge < -0.3 is 4.74 Å². The molecule has 16 heavy (non-hydrogen) atoms. The summed E-state index contributed by atoms with van der Waals surface area (Å²) in [5, 5.41) is -0.366. The van der Waals surface area contributed by atoms with Crippen LogP contribution in [0.4, 0.5) is 8.78 Å². The smallest absolute Gasteiger partial charge is 0.387 e. The van der Waals surface area contributed by atoms with Gasteiger partial charge in [0.05, 0.1) is 15.9 Å². The maximum atomic E-state index is 12.0. The summed E-state index contributed by atoms with van der Waals surface area (Å²) in [6.45, 7) is -3.07.